The van der Waals surface area contributed by atoms with E-state index in [-0.39, 0.29) is 15.8 Å². The summed E-state index contributed by atoms with van der Waals surface area (Å²) in [6.07, 6.45) is 1.98. The van der Waals surface area contributed by atoms with Crippen LogP contribution in [0.15, 0.2) is 47.5 Å². The molecular formula is C19H14Cl2N2O4S. The minimum atomic E-state index is -3.94. The highest BCUT2D eigenvalue weighted by atomic mass is 35.5. The van der Waals surface area contributed by atoms with Crippen molar-refractivity contribution in [2.75, 3.05) is 10.8 Å². The topological polar surface area (TPSA) is 76.6 Å². The summed E-state index contributed by atoms with van der Waals surface area (Å²) < 4.78 is 33.4. The Hall–Kier alpha value is -2.35. The SMILES string of the molecule is CC(=O)Oc1nccc2c(S(=O)(=O)N3CCc4ccc(Cl)cc43)cc(Cl)cc12. The minimum absolute atomic E-state index is 0.00816. The largest absolute Gasteiger partial charge is 0.407 e. The number of sulfonamides is 1. The number of halogens is 2. The first-order valence-corrected chi connectivity index (χ1v) is 10.5. The number of hydrogen-bond acceptors (Lipinski definition) is 5. The number of benzene rings is 2. The predicted octanol–water partition coefficient (Wildman–Crippen LogP) is 4.22. The maximum atomic E-state index is 13.5. The molecule has 0 aliphatic carbocycles. The molecule has 0 amide bonds. The average molecular weight is 437 g/mol. The van der Waals surface area contributed by atoms with Crippen molar-refractivity contribution in [2.45, 2.75) is 18.2 Å². The van der Waals surface area contributed by atoms with E-state index in [4.69, 9.17) is 27.9 Å². The minimum Gasteiger partial charge on any atom is -0.407 e. The fourth-order valence-electron chi connectivity index (χ4n) is 3.31. The van der Waals surface area contributed by atoms with Crippen molar-refractivity contribution < 1.29 is 17.9 Å². The van der Waals surface area contributed by atoms with Crippen LogP contribution in [0.4, 0.5) is 5.69 Å². The summed E-state index contributed by atoms with van der Waals surface area (Å²) in [4.78, 5) is 15.4. The fraction of sp³-hybridized carbons (Fsp3) is 0.158. The van der Waals surface area contributed by atoms with E-state index in [1.54, 1.807) is 18.2 Å². The van der Waals surface area contributed by atoms with E-state index in [1.165, 1.54) is 29.6 Å². The summed E-state index contributed by atoms with van der Waals surface area (Å²) in [6, 6.07) is 9.67. The molecule has 0 bridgehead atoms. The van der Waals surface area contributed by atoms with Crippen molar-refractivity contribution in [3.63, 3.8) is 0 Å². The number of esters is 1. The molecule has 0 saturated heterocycles. The van der Waals surface area contributed by atoms with Crippen LogP contribution in [0.1, 0.15) is 12.5 Å². The van der Waals surface area contributed by atoms with Crippen molar-refractivity contribution in [3.8, 4) is 5.88 Å². The zero-order valence-corrected chi connectivity index (χ0v) is 17.0. The second-order valence-corrected chi connectivity index (χ2v) is 9.01. The second-order valence-electron chi connectivity index (χ2n) is 6.31. The van der Waals surface area contributed by atoms with Crippen LogP contribution in [0.3, 0.4) is 0 Å². The number of fused-ring (bicyclic) bond motifs is 2. The van der Waals surface area contributed by atoms with Crippen molar-refractivity contribution in [1.29, 1.82) is 0 Å². The van der Waals surface area contributed by atoms with Gasteiger partial charge in [0, 0.05) is 40.5 Å². The summed E-state index contributed by atoms with van der Waals surface area (Å²) in [5.74, 6) is -0.554. The van der Waals surface area contributed by atoms with Gasteiger partial charge in [-0.15, -0.1) is 0 Å². The Labute approximate surface area is 171 Å². The first-order chi connectivity index (χ1) is 13.3. The third-order valence-corrected chi connectivity index (χ3v) is 6.79. The maximum Gasteiger partial charge on any atom is 0.309 e. The molecule has 0 fully saturated rings. The quantitative estimate of drug-likeness (QED) is 0.574. The van der Waals surface area contributed by atoms with Gasteiger partial charge >= 0.3 is 5.97 Å². The summed E-state index contributed by atoms with van der Waals surface area (Å²) in [6.45, 7) is 1.54. The molecule has 2 aromatic carbocycles. The van der Waals surface area contributed by atoms with E-state index in [0.717, 1.165) is 5.56 Å². The lowest BCUT2D eigenvalue weighted by molar-refractivity contribution is -0.132. The van der Waals surface area contributed by atoms with E-state index in [2.05, 4.69) is 4.98 Å². The molecule has 0 saturated carbocycles. The molecule has 1 aromatic heterocycles. The molecule has 144 valence electrons. The highest BCUT2D eigenvalue weighted by molar-refractivity contribution is 7.93. The van der Waals surface area contributed by atoms with E-state index in [0.29, 0.717) is 34.4 Å². The number of rotatable bonds is 3. The van der Waals surface area contributed by atoms with Gasteiger partial charge in [-0.3, -0.25) is 9.10 Å². The number of ether oxygens (including phenoxy) is 1. The highest BCUT2D eigenvalue weighted by Gasteiger charge is 2.33. The van der Waals surface area contributed by atoms with E-state index >= 15 is 0 Å². The van der Waals surface area contributed by atoms with Crippen LogP contribution in [0.2, 0.25) is 10.0 Å². The third kappa shape index (κ3) is 3.19. The Morgan fingerprint density at radius 3 is 2.64 bits per heavy atom. The molecule has 1 aliphatic rings. The molecular weight excluding hydrogens is 423 g/mol. The molecule has 2 heterocycles. The molecule has 4 rings (SSSR count). The number of carbonyl (C=O) groups excluding carboxylic acids is 1. The average Bonchev–Trinajstić information content (AvgIpc) is 3.05. The Morgan fingerprint density at radius 1 is 1.11 bits per heavy atom. The van der Waals surface area contributed by atoms with Crippen LogP contribution in [0.25, 0.3) is 10.8 Å². The maximum absolute atomic E-state index is 13.5. The normalized spacial score (nSPS) is 13.6. The van der Waals surface area contributed by atoms with Crippen molar-refractivity contribution in [2.24, 2.45) is 0 Å². The van der Waals surface area contributed by atoms with Gasteiger partial charge in [0.1, 0.15) is 0 Å². The lowest BCUT2D eigenvalue weighted by Crippen LogP contribution is -2.29. The lowest BCUT2D eigenvalue weighted by Gasteiger charge is -2.21. The van der Waals surface area contributed by atoms with E-state index < -0.39 is 16.0 Å². The first kappa shape index (κ1) is 19.0. The van der Waals surface area contributed by atoms with Gasteiger partial charge < -0.3 is 4.74 Å². The van der Waals surface area contributed by atoms with Crippen LogP contribution in [0, 0.1) is 0 Å². The van der Waals surface area contributed by atoms with Crippen LogP contribution in [0.5, 0.6) is 5.88 Å². The Morgan fingerprint density at radius 2 is 1.89 bits per heavy atom. The molecule has 0 atom stereocenters. The van der Waals surface area contributed by atoms with E-state index in [1.807, 2.05) is 6.07 Å². The zero-order valence-electron chi connectivity index (χ0n) is 14.6. The van der Waals surface area contributed by atoms with Gasteiger partial charge in [-0.05, 0) is 42.3 Å². The van der Waals surface area contributed by atoms with Gasteiger partial charge in [-0.25, -0.2) is 13.4 Å². The number of carbonyl (C=O) groups is 1. The fourth-order valence-corrected chi connectivity index (χ4v) is 5.49. The number of nitrogens with zero attached hydrogens (tertiary/aromatic N) is 2. The lowest BCUT2D eigenvalue weighted by atomic mass is 10.2. The third-order valence-electron chi connectivity index (χ3n) is 4.48. The molecule has 1 aliphatic heterocycles. The zero-order chi connectivity index (χ0) is 20.1. The molecule has 0 spiro atoms. The van der Waals surface area contributed by atoms with Gasteiger partial charge in [0.25, 0.3) is 10.0 Å². The molecule has 28 heavy (non-hydrogen) atoms. The van der Waals surface area contributed by atoms with Gasteiger partial charge in [0.15, 0.2) is 0 Å². The van der Waals surface area contributed by atoms with Gasteiger partial charge in [0.2, 0.25) is 5.88 Å². The van der Waals surface area contributed by atoms with Gasteiger partial charge in [-0.1, -0.05) is 29.3 Å². The predicted molar refractivity (Wildman–Crippen MR) is 108 cm³/mol. The summed E-state index contributed by atoms with van der Waals surface area (Å²) in [5, 5.41) is 1.36. The second kappa shape index (κ2) is 6.92. The van der Waals surface area contributed by atoms with Crippen LogP contribution in [-0.4, -0.2) is 25.9 Å². The molecule has 6 nitrogen and oxygen atoms in total. The number of pyridine rings is 1. The van der Waals surface area contributed by atoms with Crippen LogP contribution < -0.4 is 9.04 Å². The number of anilines is 1. The number of aromatic nitrogens is 1. The highest BCUT2D eigenvalue weighted by Crippen LogP contribution is 2.38. The Bertz CT molecular complexity index is 1230. The van der Waals surface area contributed by atoms with Gasteiger partial charge in [0.05, 0.1) is 10.6 Å². The molecule has 0 unspecified atom stereocenters. The van der Waals surface area contributed by atoms with Crippen molar-refractivity contribution in [1.82, 2.24) is 4.98 Å². The summed E-state index contributed by atoms with van der Waals surface area (Å²) in [5.41, 5.74) is 1.46. The molecule has 0 N–H and O–H groups in total. The van der Waals surface area contributed by atoms with Crippen LogP contribution >= 0.6 is 23.2 Å². The standard InChI is InChI=1S/C19H14Cl2N2O4S/c1-11(24)27-19-16-8-14(21)10-18(15(16)4-6-22-19)28(25,26)23-7-5-12-2-3-13(20)9-17(12)23/h2-4,6,8-10H,5,7H2,1H3. The van der Waals surface area contributed by atoms with Crippen molar-refractivity contribution in [3.05, 3.63) is 58.2 Å². The van der Waals surface area contributed by atoms with Crippen LogP contribution in [-0.2, 0) is 21.2 Å². The van der Waals surface area contributed by atoms with Gasteiger partial charge in [-0.2, -0.15) is 0 Å². The molecule has 9 heteroatoms. The van der Waals surface area contributed by atoms with Crippen molar-refractivity contribution >= 4 is 55.7 Å². The first-order valence-electron chi connectivity index (χ1n) is 8.35. The monoisotopic (exact) mass is 436 g/mol. The summed E-state index contributed by atoms with van der Waals surface area (Å²) >= 11 is 12.3. The summed E-state index contributed by atoms with van der Waals surface area (Å²) in [7, 11) is -3.94. The number of hydrogen-bond donors (Lipinski definition) is 0. The Balaban J connectivity index is 1.92. The molecule has 0 radical (unpaired) electrons. The smallest absolute Gasteiger partial charge is 0.309 e. The molecule has 3 aromatic rings. The Kier molecular flexibility index (Phi) is 4.69. The van der Waals surface area contributed by atoms with E-state index in [9.17, 15) is 13.2 Å².